The first kappa shape index (κ1) is 24.7. The van der Waals surface area contributed by atoms with Gasteiger partial charge >= 0.3 is 6.18 Å². The number of rotatable bonds is 4. The molecule has 1 atom stereocenters. The molecule has 0 radical (unpaired) electrons. The van der Waals surface area contributed by atoms with E-state index in [0.29, 0.717) is 12.0 Å². The lowest BCUT2D eigenvalue weighted by molar-refractivity contribution is -0.190. The van der Waals surface area contributed by atoms with E-state index < -0.39 is 34.9 Å². The highest BCUT2D eigenvalue weighted by Gasteiger charge is 2.70. The number of alkyl halides is 3. The number of benzene rings is 2. The Kier molecular flexibility index (Phi) is 6.11. The second-order valence-corrected chi connectivity index (χ2v) is 10.0. The Morgan fingerprint density at radius 3 is 2.17 bits per heavy atom. The molecule has 0 aromatic heterocycles. The largest absolute Gasteiger partial charge is 0.425 e. The van der Waals surface area contributed by atoms with Crippen LogP contribution in [0.15, 0.2) is 65.9 Å². The summed E-state index contributed by atoms with van der Waals surface area (Å²) in [4.78, 5) is 40.5. The minimum atomic E-state index is -5.22. The van der Waals surface area contributed by atoms with Gasteiger partial charge in [0.25, 0.3) is 11.8 Å². The van der Waals surface area contributed by atoms with Crippen LogP contribution in [0.1, 0.15) is 61.5 Å². The molecule has 5 nitrogen and oxygen atoms in total. The third-order valence-electron chi connectivity index (χ3n) is 6.57. The van der Waals surface area contributed by atoms with E-state index in [9.17, 15) is 27.6 Å². The quantitative estimate of drug-likeness (QED) is 0.660. The van der Waals surface area contributed by atoms with Crippen molar-refractivity contribution in [2.75, 3.05) is 0 Å². The Hall–Kier alpha value is -3.42. The van der Waals surface area contributed by atoms with Gasteiger partial charge in [-0.3, -0.25) is 14.4 Å². The zero-order chi connectivity index (χ0) is 25.6. The first-order valence-corrected chi connectivity index (χ1v) is 11.5. The third kappa shape index (κ3) is 4.26. The van der Waals surface area contributed by atoms with Crippen molar-refractivity contribution in [2.24, 2.45) is 0 Å². The van der Waals surface area contributed by atoms with Crippen molar-refractivity contribution in [1.82, 2.24) is 10.2 Å². The molecule has 0 saturated heterocycles. The smallest absolute Gasteiger partial charge is 0.326 e. The van der Waals surface area contributed by atoms with Gasteiger partial charge in [0.05, 0.1) is 12.1 Å². The number of carbonyl (C=O) groups is 3. The van der Waals surface area contributed by atoms with Gasteiger partial charge in [0, 0.05) is 17.7 Å². The van der Waals surface area contributed by atoms with Crippen molar-refractivity contribution in [2.45, 2.75) is 63.7 Å². The summed E-state index contributed by atoms with van der Waals surface area (Å²) in [6, 6.07) is 14.8. The van der Waals surface area contributed by atoms with E-state index >= 15 is 0 Å². The van der Waals surface area contributed by atoms with Gasteiger partial charge in [-0.05, 0) is 41.5 Å². The molecule has 1 aliphatic heterocycles. The number of amides is 2. The van der Waals surface area contributed by atoms with Crippen LogP contribution in [0.2, 0.25) is 0 Å². The van der Waals surface area contributed by atoms with Gasteiger partial charge in [-0.25, -0.2) is 0 Å². The van der Waals surface area contributed by atoms with Gasteiger partial charge in [-0.2, -0.15) is 13.2 Å². The molecule has 0 spiro atoms. The number of nitrogens with zero attached hydrogens (tertiary/aromatic N) is 1. The predicted molar refractivity (Wildman–Crippen MR) is 124 cm³/mol. The molecule has 1 heterocycles. The van der Waals surface area contributed by atoms with Gasteiger partial charge in [-0.1, -0.05) is 63.2 Å². The average molecular weight is 485 g/mol. The third-order valence-corrected chi connectivity index (χ3v) is 6.57. The fraction of sp³-hybridized carbons (Fsp3) is 0.370. The minimum absolute atomic E-state index is 0.0265. The van der Waals surface area contributed by atoms with Gasteiger partial charge in [0.15, 0.2) is 5.78 Å². The minimum Gasteiger partial charge on any atom is -0.326 e. The summed E-state index contributed by atoms with van der Waals surface area (Å²) < 4.78 is 44.3. The van der Waals surface area contributed by atoms with Crippen molar-refractivity contribution in [1.29, 1.82) is 0 Å². The molecule has 0 bridgehead atoms. The molecule has 0 saturated carbocycles. The predicted octanol–water partition coefficient (Wildman–Crippen LogP) is 5.06. The molecule has 2 amide bonds. The van der Waals surface area contributed by atoms with Crippen molar-refractivity contribution in [3.05, 3.63) is 82.6 Å². The number of hydrogen-bond acceptors (Lipinski definition) is 3. The molecular formula is C27H27F3N2O3. The summed E-state index contributed by atoms with van der Waals surface area (Å²) in [6.45, 7) is 5.80. The Morgan fingerprint density at radius 1 is 0.971 bits per heavy atom. The number of hydrogen-bond donors (Lipinski definition) is 1. The van der Waals surface area contributed by atoms with E-state index in [1.807, 2.05) is 26.1 Å². The molecule has 0 fully saturated rings. The molecule has 8 heteroatoms. The fourth-order valence-corrected chi connectivity index (χ4v) is 4.70. The number of carbonyl (C=O) groups excluding carboxylic acids is 3. The Labute approximate surface area is 202 Å². The maximum Gasteiger partial charge on any atom is 0.425 e. The van der Waals surface area contributed by atoms with Crippen LogP contribution in [0.25, 0.3) is 0 Å². The Morgan fingerprint density at radius 2 is 1.60 bits per heavy atom. The Balaban J connectivity index is 1.77. The highest BCUT2D eigenvalue weighted by molar-refractivity contribution is 6.14. The highest BCUT2D eigenvalue weighted by atomic mass is 19.4. The summed E-state index contributed by atoms with van der Waals surface area (Å²) in [5.74, 6) is -3.19. The zero-order valence-corrected chi connectivity index (χ0v) is 19.8. The van der Waals surface area contributed by atoms with Crippen LogP contribution in [0.4, 0.5) is 13.2 Å². The zero-order valence-electron chi connectivity index (χ0n) is 19.8. The molecule has 35 heavy (non-hydrogen) atoms. The lowest BCUT2D eigenvalue weighted by atomic mass is 9.81. The summed E-state index contributed by atoms with van der Waals surface area (Å²) in [5, 5.41) is 1.97. The molecule has 2 aliphatic rings. The fourth-order valence-electron chi connectivity index (χ4n) is 4.70. The van der Waals surface area contributed by atoms with E-state index in [-0.39, 0.29) is 36.1 Å². The number of nitrogens with one attached hydrogen (secondary N) is 1. The van der Waals surface area contributed by atoms with Crippen LogP contribution < -0.4 is 5.32 Å². The molecule has 1 aliphatic carbocycles. The number of halogens is 3. The second-order valence-electron chi connectivity index (χ2n) is 10.0. The molecule has 2 aromatic rings. The van der Waals surface area contributed by atoms with Crippen molar-refractivity contribution < 1.29 is 27.6 Å². The van der Waals surface area contributed by atoms with E-state index in [0.717, 1.165) is 10.5 Å². The van der Waals surface area contributed by atoms with Gasteiger partial charge in [0.2, 0.25) is 5.54 Å². The first-order valence-electron chi connectivity index (χ1n) is 11.5. The van der Waals surface area contributed by atoms with Crippen molar-refractivity contribution >= 4 is 17.6 Å². The molecule has 2 aromatic carbocycles. The average Bonchev–Trinajstić information content (AvgIpc) is 3.03. The maximum absolute atomic E-state index is 14.8. The summed E-state index contributed by atoms with van der Waals surface area (Å²) in [7, 11) is 0. The molecular weight excluding hydrogens is 457 g/mol. The van der Waals surface area contributed by atoms with Crippen LogP contribution in [0.5, 0.6) is 0 Å². The summed E-state index contributed by atoms with van der Waals surface area (Å²) >= 11 is 0. The molecule has 184 valence electrons. The standard InChI is InChI=1S/C27H27F3N2O3/c1-25(2,3)19-14-12-18(13-15-19)23(34)31-26(27(28,29)30)22-20(10-7-11-21(22)33)32(24(26)35)16-17-8-5-4-6-9-17/h4-6,8-9,12-15H,7,10-11,16H2,1-3H3,(H,31,34)/t26-/m1/s1. The van der Waals surface area contributed by atoms with Gasteiger partial charge < -0.3 is 10.2 Å². The highest BCUT2D eigenvalue weighted by Crippen LogP contribution is 2.48. The normalized spacial score (nSPS) is 20.8. The number of ketones is 1. The van der Waals surface area contributed by atoms with E-state index in [1.165, 1.54) is 12.1 Å². The summed E-state index contributed by atoms with van der Waals surface area (Å²) in [5.41, 5.74) is -2.76. The first-order chi connectivity index (χ1) is 16.4. The topological polar surface area (TPSA) is 66.5 Å². The number of allylic oxidation sites excluding steroid dienone is 1. The molecule has 1 N–H and O–H groups in total. The SMILES string of the molecule is CC(C)(C)c1ccc(C(=O)N[C@@]2(C(F)(F)F)C(=O)N(Cc3ccccc3)C3=C2C(=O)CCC3)cc1. The summed E-state index contributed by atoms with van der Waals surface area (Å²) in [6.07, 6.45) is -4.84. The van der Waals surface area contributed by atoms with Crippen LogP contribution in [0.3, 0.4) is 0 Å². The van der Waals surface area contributed by atoms with Crippen LogP contribution in [-0.4, -0.2) is 34.2 Å². The molecule has 4 rings (SSSR count). The van der Waals surface area contributed by atoms with Crippen molar-refractivity contribution in [3.63, 3.8) is 0 Å². The van der Waals surface area contributed by atoms with E-state index in [4.69, 9.17) is 0 Å². The lowest BCUT2D eigenvalue weighted by Gasteiger charge is -2.33. The van der Waals surface area contributed by atoms with Gasteiger partial charge in [0.1, 0.15) is 0 Å². The van der Waals surface area contributed by atoms with Crippen molar-refractivity contribution in [3.8, 4) is 0 Å². The molecule has 0 unspecified atom stereocenters. The second kappa shape index (κ2) is 8.66. The van der Waals surface area contributed by atoms with Crippen LogP contribution >= 0.6 is 0 Å². The van der Waals surface area contributed by atoms with E-state index in [1.54, 1.807) is 42.5 Å². The van der Waals surface area contributed by atoms with E-state index in [2.05, 4.69) is 0 Å². The monoisotopic (exact) mass is 484 g/mol. The van der Waals surface area contributed by atoms with Gasteiger partial charge in [-0.15, -0.1) is 0 Å². The van der Waals surface area contributed by atoms with Crippen LogP contribution in [-0.2, 0) is 21.5 Å². The maximum atomic E-state index is 14.8. The van der Waals surface area contributed by atoms with Crippen LogP contribution in [0, 0.1) is 0 Å². The Bertz CT molecular complexity index is 1190. The lowest BCUT2D eigenvalue weighted by Crippen LogP contribution is -2.66. The number of Topliss-reactive ketones (excluding diaryl/α,β-unsaturated/α-hetero) is 1.